The molecule has 7 nitrogen and oxygen atoms in total. The first-order valence-electron chi connectivity index (χ1n) is 12.8. The molecule has 208 valence electrons. The van der Waals surface area contributed by atoms with E-state index in [1.165, 1.54) is 17.2 Å². The van der Waals surface area contributed by atoms with Crippen LogP contribution >= 0.6 is 0 Å². The van der Waals surface area contributed by atoms with E-state index in [-0.39, 0.29) is 49.8 Å². The van der Waals surface area contributed by atoms with Crippen LogP contribution in [0.15, 0.2) is 30.5 Å². The maximum absolute atomic E-state index is 15.5. The second kappa shape index (κ2) is 10.2. The van der Waals surface area contributed by atoms with E-state index >= 15 is 4.39 Å². The number of nitrogens with one attached hydrogen (secondary N) is 1. The Morgan fingerprint density at radius 2 is 1.82 bits per heavy atom. The number of rotatable bonds is 4. The molecule has 4 rings (SSSR count). The van der Waals surface area contributed by atoms with E-state index in [2.05, 4.69) is 10.3 Å². The lowest BCUT2D eigenvalue weighted by atomic mass is 9.89. The van der Waals surface area contributed by atoms with Crippen LogP contribution in [-0.4, -0.2) is 65.4 Å². The van der Waals surface area contributed by atoms with Gasteiger partial charge < -0.3 is 19.9 Å². The Hall–Kier alpha value is -3.11. The van der Waals surface area contributed by atoms with Crippen molar-refractivity contribution < 1.29 is 31.9 Å². The van der Waals surface area contributed by atoms with Gasteiger partial charge in [0.1, 0.15) is 11.3 Å². The van der Waals surface area contributed by atoms with Crippen molar-refractivity contribution in [2.24, 2.45) is 5.92 Å². The average molecular weight is 539 g/mol. The Morgan fingerprint density at radius 1 is 1.13 bits per heavy atom. The van der Waals surface area contributed by atoms with Gasteiger partial charge in [-0.2, -0.15) is 13.2 Å². The molecular weight excluding hydrogens is 504 g/mol. The van der Waals surface area contributed by atoms with Crippen LogP contribution in [0.4, 0.5) is 28.0 Å². The van der Waals surface area contributed by atoms with Crippen molar-refractivity contribution in [1.82, 2.24) is 15.2 Å². The van der Waals surface area contributed by atoms with Crippen molar-refractivity contribution in [2.75, 3.05) is 31.1 Å². The molecular formula is C27H34F4N4O3. The molecule has 0 spiro atoms. The van der Waals surface area contributed by atoms with Gasteiger partial charge >= 0.3 is 12.3 Å². The van der Waals surface area contributed by atoms with Gasteiger partial charge in [0.05, 0.1) is 23.5 Å². The largest absolute Gasteiger partial charge is 0.444 e. The van der Waals surface area contributed by atoms with Crippen molar-refractivity contribution >= 4 is 28.6 Å². The number of likely N-dealkylation sites (tertiary alicyclic amines) is 1. The summed E-state index contributed by atoms with van der Waals surface area (Å²) in [5, 5.41) is 3.32. The van der Waals surface area contributed by atoms with Gasteiger partial charge in [0.25, 0.3) is 0 Å². The number of pyridine rings is 1. The molecule has 2 fully saturated rings. The van der Waals surface area contributed by atoms with Crippen LogP contribution < -0.4 is 10.2 Å². The minimum Gasteiger partial charge on any atom is -0.444 e. The first-order chi connectivity index (χ1) is 17.7. The zero-order valence-corrected chi connectivity index (χ0v) is 22.1. The highest BCUT2D eigenvalue weighted by atomic mass is 19.4. The van der Waals surface area contributed by atoms with Crippen LogP contribution in [0, 0.1) is 5.92 Å². The fraction of sp³-hybridized carbons (Fsp3) is 0.593. The molecule has 2 aliphatic rings. The van der Waals surface area contributed by atoms with Gasteiger partial charge in [0, 0.05) is 43.4 Å². The number of alkyl halides is 4. The third-order valence-corrected chi connectivity index (χ3v) is 7.14. The van der Waals surface area contributed by atoms with Gasteiger partial charge in [-0.15, -0.1) is 0 Å². The van der Waals surface area contributed by atoms with Gasteiger partial charge in [-0.25, -0.2) is 9.18 Å². The number of hydrogen-bond donors (Lipinski definition) is 1. The molecule has 11 heteroatoms. The molecule has 0 saturated carbocycles. The van der Waals surface area contributed by atoms with Crippen molar-refractivity contribution in [3.8, 4) is 0 Å². The molecule has 3 heterocycles. The summed E-state index contributed by atoms with van der Waals surface area (Å²) in [5.74, 6) is -0.423. The zero-order valence-electron chi connectivity index (χ0n) is 22.1. The molecule has 0 bridgehead atoms. The monoisotopic (exact) mass is 538 g/mol. The molecule has 2 amide bonds. The summed E-state index contributed by atoms with van der Waals surface area (Å²) in [7, 11) is 0. The summed E-state index contributed by atoms with van der Waals surface area (Å²) in [4.78, 5) is 32.4. The second-order valence-electron chi connectivity index (χ2n) is 11.4. The molecule has 2 aliphatic heterocycles. The summed E-state index contributed by atoms with van der Waals surface area (Å²) in [6, 6.07) is 5.40. The van der Waals surface area contributed by atoms with Gasteiger partial charge in [-0.1, -0.05) is 6.92 Å². The van der Waals surface area contributed by atoms with E-state index in [1.807, 2.05) is 11.8 Å². The lowest BCUT2D eigenvalue weighted by Gasteiger charge is -2.37. The number of anilines is 1. The minimum absolute atomic E-state index is 0.00228. The minimum atomic E-state index is -4.52. The smallest absolute Gasteiger partial charge is 0.418 e. The van der Waals surface area contributed by atoms with E-state index in [4.69, 9.17) is 4.74 Å². The maximum atomic E-state index is 15.5. The molecule has 2 atom stereocenters. The summed E-state index contributed by atoms with van der Waals surface area (Å²) >= 11 is 0. The van der Waals surface area contributed by atoms with Crippen molar-refractivity contribution in [3.63, 3.8) is 0 Å². The number of benzene rings is 1. The topological polar surface area (TPSA) is 74.8 Å². The van der Waals surface area contributed by atoms with Gasteiger partial charge in [-0.3, -0.25) is 9.78 Å². The number of ether oxygens (including phenoxy) is 1. The average Bonchev–Trinajstić information content (AvgIpc) is 3.16. The number of amides is 2. The van der Waals surface area contributed by atoms with Crippen LogP contribution in [0.3, 0.4) is 0 Å². The highest BCUT2D eigenvalue weighted by molar-refractivity contribution is 5.94. The fourth-order valence-corrected chi connectivity index (χ4v) is 5.15. The number of carbonyl (C=O) groups is 2. The Morgan fingerprint density at radius 3 is 2.45 bits per heavy atom. The third-order valence-electron chi connectivity index (χ3n) is 7.14. The van der Waals surface area contributed by atoms with E-state index in [0.717, 1.165) is 6.07 Å². The Kier molecular flexibility index (Phi) is 7.51. The Balaban J connectivity index is 1.37. The first-order valence-corrected chi connectivity index (χ1v) is 12.8. The number of hydrogen-bond acceptors (Lipinski definition) is 5. The predicted octanol–water partition coefficient (Wildman–Crippen LogP) is 5.32. The van der Waals surface area contributed by atoms with Crippen LogP contribution in [-0.2, 0) is 15.7 Å². The number of aromatic nitrogens is 1. The molecule has 0 aliphatic carbocycles. The van der Waals surface area contributed by atoms with E-state index in [9.17, 15) is 22.8 Å². The second-order valence-corrected chi connectivity index (χ2v) is 11.4. The van der Waals surface area contributed by atoms with Gasteiger partial charge in [0.2, 0.25) is 5.91 Å². The first kappa shape index (κ1) is 27.9. The van der Waals surface area contributed by atoms with E-state index in [0.29, 0.717) is 24.2 Å². The number of nitrogens with zero attached hydrogens (tertiary/aromatic N) is 3. The molecule has 0 radical (unpaired) electrons. The van der Waals surface area contributed by atoms with Crippen LogP contribution in [0.5, 0.6) is 0 Å². The van der Waals surface area contributed by atoms with Gasteiger partial charge in [0.15, 0.2) is 0 Å². The molecule has 1 unspecified atom stereocenters. The van der Waals surface area contributed by atoms with E-state index in [1.54, 1.807) is 32.9 Å². The molecule has 38 heavy (non-hydrogen) atoms. The summed E-state index contributed by atoms with van der Waals surface area (Å²) < 4.78 is 61.3. The molecule has 1 aromatic heterocycles. The fourth-order valence-electron chi connectivity index (χ4n) is 5.15. The summed E-state index contributed by atoms with van der Waals surface area (Å²) in [5.41, 5.74) is -2.66. The van der Waals surface area contributed by atoms with Gasteiger partial charge in [-0.05, 0) is 63.8 Å². The van der Waals surface area contributed by atoms with Crippen molar-refractivity contribution in [2.45, 2.75) is 70.4 Å². The van der Waals surface area contributed by atoms with Crippen LogP contribution in [0.2, 0.25) is 0 Å². The van der Waals surface area contributed by atoms with Crippen molar-refractivity contribution in [1.29, 1.82) is 0 Å². The quantitative estimate of drug-likeness (QED) is 0.533. The Bertz CT molecular complexity index is 1190. The van der Waals surface area contributed by atoms with Crippen LogP contribution in [0.25, 0.3) is 10.9 Å². The zero-order chi connectivity index (χ0) is 27.9. The summed E-state index contributed by atoms with van der Waals surface area (Å²) in [6.45, 7) is 8.48. The SMILES string of the molecule is C[C@@H]1CN(c2ccc(C(F)(F)F)c3ncccc23)CC1NC(=O)CC1(F)CCN(C(=O)OC(C)(C)C)CC1. The van der Waals surface area contributed by atoms with E-state index < -0.39 is 35.0 Å². The molecule has 2 saturated heterocycles. The molecule has 1 aromatic carbocycles. The molecule has 1 N–H and O–H groups in total. The number of halogens is 4. The standard InChI is InChI=1S/C27H34F4N4O3/c1-17-15-35(21-8-7-19(27(29,30)31)23-18(21)6-5-11-32-23)16-20(17)33-22(36)14-26(28)9-12-34(13-10-26)24(37)38-25(2,3)4/h5-8,11,17,20H,9-10,12-16H2,1-4H3,(H,33,36)/t17-,20?/m1/s1. The third kappa shape index (κ3) is 6.30. The Labute approximate surface area is 219 Å². The summed E-state index contributed by atoms with van der Waals surface area (Å²) in [6.07, 6.45) is -3.92. The van der Waals surface area contributed by atoms with Crippen molar-refractivity contribution in [3.05, 3.63) is 36.0 Å². The van der Waals surface area contributed by atoms with Crippen LogP contribution in [0.1, 0.15) is 52.5 Å². The number of carbonyl (C=O) groups excluding carboxylic acids is 2. The lowest BCUT2D eigenvalue weighted by Crippen LogP contribution is -2.49. The highest BCUT2D eigenvalue weighted by Crippen LogP contribution is 2.39. The normalized spacial score (nSPS) is 22.0. The number of fused-ring (bicyclic) bond motifs is 1. The molecule has 2 aromatic rings. The lowest BCUT2D eigenvalue weighted by molar-refractivity contribution is -0.136. The maximum Gasteiger partial charge on any atom is 0.418 e. The predicted molar refractivity (Wildman–Crippen MR) is 136 cm³/mol. The number of piperidine rings is 1. The highest BCUT2D eigenvalue weighted by Gasteiger charge is 2.41.